The van der Waals surface area contributed by atoms with Crippen LogP contribution < -0.4 is 5.43 Å². The first kappa shape index (κ1) is 8.26. The zero-order chi connectivity index (χ0) is 9.80. The molecule has 68 valence electrons. The Hall–Kier alpha value is -2.35. The van der Waals surface area contributed by atoms with E-state index in [9.17, 15) is 0 Å². The highest BCUT2D eigenvalue weighted by Crippen LogP contribution is 2.08. The number of rotatable bonds is 2. The van der Waals surface area contributed by atoms with Gasteiger partial charge in [0.15, 0.2) is 5.82 Å². The van der Waals surface area contributed by atoms with Crippen LogP contribution in [0.3, 0.4) is 0 Å². The van der Waals surface area contributed by atoms with Crippen molar-refractivity contribution in [1.82, 2.24) is 14.6 Å². The molecule has 5 heteroatoms. The van der Waals surface area contributed by atoms with E-state index >= 15 is 0 Å². The molecule has 2 aromatic heterocycles. The summed E-state index contributed by atoms with van der Waals surface area (Å²) in [5.41, 5.74) is 3.36. The first-order valence-electron chi connectivity index (χ1n) is 4.00. The van der Waals surface area contributed by atoms with E-state index in [1.54, 1.807) is 4.68 Å². The van der Waals surface area contributed by atoms with E-state index in [-0.39, 0.29) is 0 Å². The zero-order valence-electron chi connectivity index (χ0n) is 7.25. The number of aromatic nitrogens is 3. The van der Waals surface area contributed by atoms with Gasteiger partial charge in [0.25, 0.3) is 0 Å². The minimum atomic E-state index is 0.418. The zero-order valence-corrected chi connectivity index (χ0v) is 7.25. The van der Waals surface area contributed by atoms with Gasteiger partial charge >= 0.3 is 0 Å². The van der Waals surface area contributed by atoms with Crippen LogP contribution >= 0.6 is 0 Å². The topological polar surface area (TPSA) is 66.5 Å². The molecule has 0 saturated heterocycles. The Kier molecular flexibility index (Phi) is 2.11. The van der Waals surface area contributed by atoms with Gasteiger partial charge in [-0.25, -0.2) is 9.97 Å². The number of anilines is 1. The largest absolute Gasteiger partial charge is 0.277 e. The molecule has 0 bridgehead atoms. The minimum absolute atomic E-state index is 0.418. The van der Waals surface area contributed by atoms with E-state index in [0.29, 0.717) is 11.4 Å². The van der Waals surface area contributed by atoms with Crippen LogP contribution in [0, 0.1) is 11.3 Å². The van der Waals surface area contributed by atoms with Crippen molar-refractivity contribution < 1.29 is 0 Å². The Morgan fingerprint density at radius 2 is 2.14 bits per heavy atom. The van der Waals surface area contributed by atoms with Crippen LogP contribution in [0.4, 0.5) is 5.82 Å². The summed E-state index contributed by atoms with van der Waals surface area (Å²) in [4.78, 5) is 7.72. The Balaban J connectivity index is 2.30. The fourth-order valence-corrected chi connectivity index (χ4v) is 1.03. The Bertz CT molecular complexity index is 454. The van der Waals surface area contributed by atoms with Crippen molar-refractivity contribution in [2.24, 2.45) is 0 Å². The summed E-state index contributed by atoms with van der Waals surface area (Å²) >= 11 is 0. The molecule has 0 aliphatic carbocycles. The lowest BCUT2D eigenvalue weighted by Gasteiger charge is -2.06. The maximum absolute atomic E-state index is 8.77. The van der Waals surface area contributed by atoms with Crippen LogP contribution in [-0.2, 0) is 0 Å². The van der Waals surface area contributed by atoms with Crippen molar-refractivity contribution in [3.8, 4) is 6.07 Å². The normalized spacial score (nSPS) is 9.36. The number of nitriles is 1. The van der Waals surface area contributed by atoms with Gasteiger partial charge in [-0.15, -0.1) is 0 Å². The van der Waals surface area contributed by atoms with Gasteiger partial charge < -0.3 is 0 Å². The average Bonchev–Trinajstić information content (AvgIpc) is 2.71. The summed E-state index contributed by atoms with van der Waals surface area (Å²) < 4.78 is 1.71. The standard InChI is InChI=1S/C9H7N5/c10-5-8-6-11-7-12-9(8)13-14-3-1-2-4-14/h1-4,6-7H,(H,11,12,13). The molecule has 5 nitrogen and oxygen atoms in total. The van der Waals surface area contributed by atoms with Gasteiger partial charge in [-0.1, -0.05) is 0 Å². The van der Waals surface area contributed by atoms with Crippen LogP contribution in [0.1, 0.15) is 5.56 Å². The smallest absolute Gasteiger partial charge is 0.166 e. The SMILES string of the molecule is N#Cc1cncnc1Nn1cccc1. The van der Waals surface area contributed by atoms with Gasteiger partial charge in [-0.05, 0) is 12.1 Å². The van der Waals surface area contributed by atoms with Crippen molar-refractivity contribution >= 4 is 5.82 Å². The van der Waals surface area contributed by atoms with Crippen LogP contribution in [0.15, 0.2) is 37.1 Å². The predicted molar refractivity (Wildman–Crippen MR) is 50.2 cm³/mol. The molecule has 0 aromatic carbocycles. The first-order valence-corrected chi connectivity index (χ1v) is 4.00. The van der Waals surface area contributed by atoms with Crippen molar-refractivity contribution in [2.75, 3.05) is 5.43 Å². The highest BCUT2D eigenvalue weighted by molar-refractivity contribution is 5.49. The summed E-state index contributed by atoms with van der Waals surface area (Å²) in [5.74, 6) is 0.499. The third kappa shape index (κ3) is 1.54. The maximum Gasteiger partial charge on any atom is 0.166 e. The molecule has 0 amide bonds. The van der Waals surface area contributed by atoms with Crippen LogP contribution in [0.2, 0.25) is 0 Å². The van der Waals surface area contributed by atoms with Gasteiger partial charge in [-0.2, -0.15) is 5.26 Å². The first-order chi connectivity index (χ1) is 6.90. The summed E-state index contributed by atoms with van der Waals surface area (Å²) in [6.45, 7) is 0. The number of nitrogens with zero attached hydrogens (tertiary/aromatic N) is 4. The highest BCUT2D eigenvalue weighted by Gasteiger charge is 2.01. The number of nitrogens with one attached hydrogen (secondary N) is 1. The lowest BCUT2D eigenvalue weighted by Crippen LogP contribution is -2.09. The molecular weight excluding hydrogens is 178 g/mol. The predicted octanol–water partition coefficient (Wildman–Crippen LogP) is 1.02. The third-order valence-electron chi connectivity index (χ3n) is 1.67. The molecule has 2 aromatic rings. The Morgan fingerprint density at radius 3 is 2.86 bits per heavy atom. The van der Waals surface area contributed by atoms with E-state index in [1.165, 1.54) is 12.5 Å². The van der Waals surface area contributed by atoms with E-state index < -0.39 is 0 Å². The molecule has 0 spiro atoms. The minimum Gasteiger partial charge on any atom is -0.277 e. The Morgan fingerprint density at radius 1 is 1.36 bits per heavy atom. The fraction of sp³-hybridized carbons (Fsp3) is 0. The van der Waals surface area contributed by atoms with Crippen molar-refractivity contribution in [2.45, 2.75) is 0 Å². The van der Waals surface area contributed by atoms with E-state index in [4.69, 9.17) is 5.26 Å². The molecule has 0 radical (unpaired) electrons. The van der Waals surface area contributed by atoms with Crippen molar-refractivity contribution in [1.29, 1.82) is 5.26 Å². The molecule has 0 atom stereocenters. The molecule has 2 rings (SSSR count). The second-order valence-electron chi connectivity index (χ2n) is 2.60. The van der Waals surface area contributed by atoms with Gasteiger partial charge in [0, 0.05) is 12.4 Å². The maximum atomic E-state index is 8.77. The second-order valence-corrected chi connectivity index (χ2v) is 2.60. The quantitative estimate of drug-likeness (QED) is 0.758. The monoisotopic (exact) mass is 185 g/mol. The molecule has 0 fully saturated rings. The highest BCUT2D eigenvalue weighted by atomic mass is 15.4. The van der Waals surface area contributed by atoms with Gasteiger partial charge in [0.05, 0.1) is 6.20 Å². The molecule has 0 aliphatic heterocycles. The number of hydrogen-bond acceptors (Lipinski definition) is 4. The molecule has 2 heterocycles. The average molecular weight is 185 g/mol. The molecule has 1 N–H and O–H groups in total. The molecular formula is C9H7N5. The molecule has 14 heavy (non-hydrogen) atoms. The summed E-state index contributed by atoms with van der Waals surface area (Å²) in [5, 5.41) is 8.77. The summed E-state index contributed by atoms with van der Waals surface area (Å²) in [6, 6.07) is 5.76. The van der Waals surface area contributed by atoms with E-state index in [0.717, 1.165) is 0 Å². The van der Waals surface area contributed by atoms with E-state index in [2.05, 4.69) is 15.4 Å². The molecule has 0 saturated carbocycles. The summed E-state index contributed by atoms with van der Waals surface area (Å²) in [6.07, 6.45) is 6.51. The van der Waals surface area contributed by atoms with E-state index in [1.807, 2.05) is 30.6 Å². The summed E-state index contributed by atoms with van der Waals surface area (Å²) in [7, 11) is 0. The second kappa shape index (κ2) is 3.58. The van der Waals surface area contributed by atoms with Crippen LogP contribution in [0.5, 0.6) is 0 Å². The van der Waals surface area contributed by atoms with Gasteiger partial charge in [0.2, 0.25) is 0 Å². The Labute approximate surface area is 80.6 Å². The number of hydrogen-bond donors (Lipinski definition) is 1. The third-order valence-corrected chi connectivity index (χ3v) is 1.67. The van der Waals surface area contributed by atoms with Crippen molar-refractivity contribution in [3.05, 3.63) is 42.6 Å². The molecule has 0 unspecified atom stereocenters. The van der Waals surface area contributed by atoms with Gasteiger partial charge in [0.1, 0.15) is 18.0 Å². The molecule has 0 aliphatic rings. The lowest BCUT2D eigenvalue weighted by molar-refractivity contribution is 0.943. The lowest BCUT2D eigenvalue weighted by atomic mass is 10.3. The van der Waals surface area contributed by atoms with Gasteiger partial charge in [-0.3, -0.25) is 10.1 Å². The van der Waals surface area contributed by atoms with Crippen LogP contribution in [-0.4, -0.2) is 14.6 Å². The van der Waals surface area contributed by atoms with Crippen LogP contribution in [0.25, 0.3) is 0 Å². The fourth-order valence-electron chi connectivity index (χ4n) is 1.03. The van der Waals surface area contributed by atoms with Crippen molar-refractivity contribution in [3.63, 3.8) is 0 Å².